The number of nitrogens with zero attached hydrogens (tertiary/aromatic N) is 1. The highest BCUT2D eigenvalue weighted by Gasteiger charge is 2.39. The van der Waals surface area contributed by atoms with Crippen LogP contribution in [0.4, 0.5) is 4.79 Å². The van der Waals surface area contributed by atoms with Crippen molar-refractivity contribution in [2.75, 3.05) is 13.2 Å². The van der Waals surface area contributed by atoms with Gasteiger partial charge < -0.3 is 14.6 Å². The molecule has 6 heteroatoms. The number of benzene rings is 1. The second kappa shape index (κ2) is 7.00. The number of ether oxygens (including phenoxy) is 2. The van der Waals surface area contributed by atoms with Crippen molar-refractivity contribution in [1.29, 1.82) is 0 Å². The largest absolute Gasteiger partial charge is 0.457 e. The van der Waals surface area contributed by atoms with Crippen LogP contribution < -0.4 is 0 Å². The van der Waals surface area contributed by atoms with Gasteiger partial charge in [0, 0.05) is 6.42 Å². The van der Waals surface area contributed by atoms with E-state index >= 15 is 0 Å². The molecule has 0 aliphatic carbocycles. The highest BCUT2D eigenvalue weighted by molar-refractivity contribution is 5.89. The molecule has 1 N–H and O–H groups in total. The van der Waals surface area contributed by atoms with E-state index in [2.05, 4.69) is 0 Å². The molecule has 1 aromatic carbocycles. The molecule has 1 saturated heterocycles. The molecule has 0 saturated carbocycles. The maximum Gasteiger partial charge on any atom is 0.410 e. The smallest absolute Gasteiger partial charge is 0.410 e. The van der Waals surface area contributed by atoms with E-state index in [1.165, 1.54) is 4.90 Å². The minimum absolute atomic E-state index is 0.196. The molecule has 0 unspecified atom stereocenters. The van der Waals surface area contributed by atoms with Crippen molar-refractivity contribution in [2.24, 2.45) is 0 Å². The zero-order valence-corrected chi connectivity index (χ0v) is 13.7. The van der Waals surface area contributed by atoms with Gasteiger partial charge in [-0.15, -0.1) is 0 Å². The average molecular weight is 321 g/mol. The second-order valence-corrected chi connectivity index (χ2v) is 6.60. The summed E-state index contributed by atoms with van der Waals surface area (Å²) in [7, 11) is 0. The summed E-state index contributed by atoms with van der Waals surface area (Å²) in [5.41, 5.74) is -0.153. The third-order valence-electron chi connectivity index (χ3n) is 3.50. The van der Waals surface area contributed by atoms with E-state index in [0.717, 1.165) is 0 Å². The normalized spacial score (nSPS) is 21.1. The van der Waals surface area contributed by atoms with Crippen LogP contribution in [0.2, 0.25) is 0 Å². The van der Waals surface area contributed by atoms with Crippen LogP contribution >= 0.6 is 0 Å². The van der Waals surface area contributed by atoms with Gasteiger partial charge in [0.25, 0.3) is 0 Å². The molecule has 0 aromatic heterocycles. The van der Waals surface area contributed by atoms with Gasteiger partial charge in [-0.3, -0.25) is 4.90 Å². The fourth-order valence-corrected chi connectivity index (χ4v) is 2.47. The van der Waals surface area contributed by atoms with Crippen molar-refractivity contribution in [3.8, 4) is 0 Å². The van der Waals surface area contributed by atoms with Crippen LogP contribution in [0.3, 0.4) is 0 Å². The molecule has 6 nitrogen and oxygen atoms in total. The van der Waals surface area contributed by atoms with E-state index in [0.29, 0.717) is 12.0 Å². The van der Waals surface area contributed by atoms with E-state index in [9.17, 15) is 14.7 Å². The lowest BCUT2D eigenvalue weighted by atomic mass is 10.2. The Morgan fingerprint density at radius 1 is 1.26 bits per heavy atom. The summed E-state index contributed by atoms with van der Waals surface area (Å²) < 4.78 is 10.8. The summed E-state index contributed by atoms with van der Waals surface area (Å²) in [6.45, 7) is 5.36. The lowest BCUT2D eigenvalue weighted by molar-refractivity contribution is 0.0130. The predicted molar refractivity (Wildman–Crippen MR) is 84.1 cm³/mol. The van der Waals surface area contributed by atoms with Gasteiger partial charge in [-0.05, 0) is 32.9 Å². The minimum atomic E-state index is -0.615. The van der Waals surface area contributed by atoms with Crippen molar-refractivity contribution < 1.29 is 24.2 Å². The number of aliphatic hydroxyl groups is 1. The maximum absolute atomic E-state index is 12.2. The summed E-state index contributed by atoms with van der Waals surface area (Å²) in [4.78, 5) is 25.7. The number of amides is 1. The quantitative estimate of drug-likeness (QED) is 0.864. The summed E-state index contributed by atoms with van der Waals surface area (Å²) in [5, 5.41) is 9.46. The van der Waals surface area contributed by atoms with Gasteiger partial charge in [0.15, 0.2) is 0 Å². The van der Waals surface area contributed by atoms with Crippen LogP contribution in [0.5, 0.6) is 0 Å². The molecule has 1 aliphatic heterocycles. The third-order valence-corrected chi connectivity index (χ3v) is 3.50. The Bertz CT molecular complexity index is 552. The van der Waals surface area contributed by atoms with E-state index < -0.39 is 29.8 Å². The van der Waals surface area contributed by atoms with Crippen LogP contribution in [-0.4, -0.2) is 53.0 Å². The van der Waals surface area contributed by atoms with Gasteiger partial charge in [0.1, 0.15) is 11.7 Å². The Morgan fingerprint density at radius 2 is 1.91 bits per heavy atom. The first kappa shape index (κ1) is 17.3. The van der Waals surface area contributed by atoms with Gasteiger partial charge >= 0.3 is 12.1 Å². The predicted octanol–water partition coefficient (Wildman–Crippen LogP) is 2.21. The van der Waals surface area contributed by atoms with E-state index in [1.807, 2.05) is 6.07 Å². The maximum atomic E-state index is 12.2. The molecule has 0 radical (unpaired) electrons. The Labute approximate surface area is 136 Å². The molecule has 1 fully saturated rings. The first-order chi connectivity index (χ1) is 10.8. The van der Waals surface area contributed by atoms with Gasteiger partial charge in [-0.1, -0.05) is 18.2 Å². The number of carbonyl (C=O) groups excluding carboxylic acids is 2. The van der Waals surface area contributed by atoms with Crippen molar-refractivity contribution in [3.05, 3.63) is 35.9 Å². The third kappa shape index (κ3) is 4.69. The number of esters is 1. The van der Waals surface area contributed by atoms with Crippen molar-refractivity contribution in [1.82, 2.24) is 4.90 Å². The van der Waals surface area contributed by atoms with Gasteiger partial charge in [0.2, 0.25) is 0 Å². The van der Waals surface area contributed by atoms with Crippen molar-refractivity contribution >= 4 is 12.1 Å². The second-order valence-electron chi connectivity index (χ2n) is 6.60. The van der Waals surface area contributed by atoms with Gasteiger partial charge in [-0.2, -0.15) is 0 Å². The molecule has 126 valence electrons. The highest BCUT2D eigenvalue weighted by Crippen LogP contribution is 2.23. The molecule has 1 amide bonds. The number of likely N-dealkylation sites (tertiary alicyclic amines) is 1. The highest BCUT2D eigenvalue weighted by atomic mass is 16.6. The Hall–Kier alpha value is -2.08. The monoisotopic (exact) mass is 321 g/mol. The van der Waals surface area contributed by atoms with Crippen LogP contribution in [0.15, 0.2) is 30.3 Å². The lowest BCUT2D eigenvalue weighted by Gasteiger charge is -2.27. The number of carbonyl (C=O) groups is 2. The Balaban J connectivity index is 1.98. The molecule has 1 aliphatic rings. The fourth-order valence-electron chi connectivity index (χ4n) is 2.47. The molecule has 0 spiro atoms. The SMILES string of the molecule is CC(C)(C)OC(=O)N1C[C@H](OC(=O)c2ccccc2)C[C@H]1CO. The molecule has 23 heavy (non-hydrogen) atoms. The first-order valence-electron chi connectivity index (χ1n) is 7.66. The average Bonchev–Trinajstić information content (AvgIpc) is 2.89. The summed E-state index contributed by atoms with van der Waals surface area (Å²) in [6, 6.07) is 8.28. The molecule has 1 aromatic rings. The van der Waals surface area contributed by atoms with E-state index in [1.54, 1.807) is 45.0 Å². The topological polar surface area (TPSA) is 76.1 Å². The summed E-state index contributed by atoms with van der Waals surface area (Å²) in [6.07, 6.45) is -0.559. The molecule has 0 bridgehead atoms. The van der Waals surface area contributed by atoms with Crippen LogP contribution in [0, 0.1) is 0 Å². The zero-order valence-electron chi connectivity index (χ0n) is 13.7. The number of rotatable bonds is 3. The van der Waals surface area contributed by atoms with Crippen LogP contribution in [0.1, 0.15) is 37.6 Å². The minimum Gasteiger partial charge on any atom is -0.457 e. The van der Waals surface area contributed by atoms with Gasteiger partial charge in [0.05, 0.1) is 24.8 Å². The molecular weight excluding hydrogens is 298 g/mol. The molecular formula is C17H23NO5. The summed E-state index contributed by atoms with van der Waals surface area (Å²) in [5.74, 6) is -0.432. The van der Waals surface area contributed by atoms with Crippen molar-refractivity contribution in [3.63, 3.8) is 0 Å². The summed E-state index contributed by atoms with van der Waals surface area (Å²) >= 11 is 0. The lowest BCUT2D eigenvalue weighted by Crippen LogP contribution is -2.41. The Morgan fingerprint density at radius 3 is 2.48 bits per heavy atom. The van der Waals surface area contributed by atoms with Crippen LogP contribution in [-0.2, 0) is 9.47 Å². The zero-order chi connectivity index (χ0) is 17.0. The number of aliphatic hydroxyl groups excluding tert-OH is 1. The standard InChI is InChI=1S/C17H23NO5/c1-17(2,3)23-16(21)18-10-14(9-13(18)11-19)22-15(20)12-7-5-4-6-8-12/h4-8,13-14,19H,9-11H2,1-3H3/t13-,14+/m0/s1. The fraction of sp³-hybridized carbons (Fsp3) is 0.529. The van der Waals surface area contributed by atoms with Crippen LogP contribution in [0.25, 0.3) is 0 Å². The Kier molecular flexibility index (Phi) is 5.26. The molecule has 2 rings (SSSR count). The first-order valence-corrected chi connectivity index (χ1v) is 7.66. The number of hydrogen-bond donors (Lipinski definition) is 1. The van der Waals surface area contributed by atoms with E-state index in [4.69, 9.17) is 9.47 Å². The molecule has 1 heterocycles. The number of hydrogen-bond acceptors (Lipinski definition) is 5. The molecule has 2 atom stereocenters. The van der Waals surface area contributed by atoms with Crippen molar-refractivity contribution in [2.45, 2.75) is 44.9 Å². The van der Waals surface area contributed by atoms with Gasteiger partial charge in [-0.25, -0.2) is 9.59 Å². The van der Waals surface area contributed by atoms with E-state index in [-0.39, 0.29) is 13.2 Å².